The van der Waals surface area contributed by atoms with Gasteiger partial charge in [-0.2, -0.15) is 4.99 Å². The van der Waals surface area contributed by atoms with Crippen molar-refractivity contribution in [2.45, 2.75) is 32.2 Å². The molecule has 1 atom stereocenters. The highest BCUT2D eigenvalue weighted by atomic mass is 32.1. The minimum atomic E-state index is -2.83. The SMILES string of the molecule is CC(C)Oc1cnc(C(=N)NC(=S)NC2(N=C=S)NC=CC=C2C(=O)N(C)C)cc1C(F)F. The third-order valence-corrected chi connectivity index (χ3v) is 4.47. The number of hydrogen-bond acceptors (Lipinski definition) is 8. The molecule has 1 aromatic rings. The Morgan fingerprint density at radius 2 is 2.12 bits per heavy atom. The number of likely N-dealkylation sites (N-methyl/N-ethyl adjacent to an activating group) is 1. The average molecular weight is 496 g/mol. The summed E-state index contributed by atoms with van der Waals surface area (Å²) in [5.74, 6) is -2.39. The van der Waals surface area contributed by atoms with Gasteiger partial charge in [-0.15, -0.1) is 0 Å². The summed E-state index contributed by atoms with van der Waals surface area (Å²) in [4.78, 5) is 22.0. The number of carbonyl (C=O) groups is 1. The Hall–Kier alpha value is -3.28. The van der Waals surface area contributed by atoms with Gasteiger partial charge in [0, 0.05) is 20.3 Å². The second kappa shape index (κ2) is 11.0. The van der Waals surface area contributed by atoms with Gasteiger partial charge in [0.15, 0.2) is 10.9 Å². The van der Waals surface area contributed by atoms with Gasteiger partial charge in [-0.05, 0) is 56.5 Å². The number of isothiocyanates is 1. The van der Waals surface area contributed by atoms with Crippen LogP contribution >= 0.6 is 24.4 Å². The predicted octanol–water partition coefficient (Wildman–Crippen LogP) is 2.48. The zero-order chi connectivity index (χ0) is 24.8. The molecule has 9 nitrogen and oxygen atoms in total. The monoisotopic (exact) mass is 495 g/mol. The first kappa shape index (κ1) is 26.0. The van der Waals surface area contributed by atoms with E-state index in [4.69, 9.17) is 34.6 Å². The van der Waals surface area contributed by atoms with Crippen LogP contribution in [0.15, 0.2) is 41.2 Å². The van der Waals surface area contributed by atoms with Crippen LogP contribution in [0, 0.1) is 5.41 Å². The molecule has 1 unspecified atom stereocenters. The van der Waals surface area contributed by atoms with Crippen molar-refractivity contribution in [3.05, 3.63) is 47.4 Å². The van der Waals surface area contributed by atoms with Crippen molar-refractivity contribution in [3.8, 4) is 5.75 Å². The summed E-state index contributed by atoms with van der Waals surface area (Å²) in [5.41, 5.74) is -0.326. The van der Waals surface area contributed by atoms with Crippen LogP contribution in [0.4, 0.5) is 8.78 Å². The maximum absolute atomic E-state index is 13.5. The lowest BCUT2D eigenvalue weighted by atomic mass is 10.0. The van der Waals surface area contributed by atoms with Gasteiger partial charge in [0.1, 0.15) is 11.4 Å². The number of rotatable bonds is 7. The van der Waals surface area contributed by atoms with Gasteiger partial charge >= 0.3 is 0 Å². The number of alkyl halides is 2. The highest BCUT2D eigenvalue weighted by molar-refractivity contribution is 7.80. The molecule has 33 heavy (non-hydrogen) atoms. The standard InChI is InChI=1S/C20H23F2N7O2S2/c1-11(2)31-15-9-24-14(8-12(15)16(21)22)17(23)27-19(33)28-20(26-10-32)13(6-5-7-25-20)18(30)29(3)4/h5-9,11,16,25H,1-4H3,(H3,23,27,28,33). The van der Waals surface area contributed by atoms with Crippen LogP contribution < -0.4 is 20.7 Å². The van der Waals surface area contributed by atoms with Crippen molar-refractivity contribution in [3.63, 3.8) is 0 Å². The average Bonchev–Trinajstić information content (AvgIpc) is 2.73. The van der Waals surface area contributed by atoms with E-state index in [0.717, 1.165) is 12.3 Å². The lowest BCUT2D eigenvalue weighted by Crippen LogP contribution is -2.62. The number of halogens is 2. The third kappa shape index (κ3) is 6.37. The molecule has 2 rings (SSSR count). The van der Waals surface area contributed by atoms with Crippen molar-refractivity contribution in [1.82, 2.24) is 25.8 Å². The van der Waals surface area contributed by atoms with Crippen molar-refractivity contribution < 1.29 is 18.3 Å². The van der Waals surface area contributed by atoms with Gasteiger partial charge in [-0.3, -0.25) is 10.2 Å². The molecule has 0 aliphatic carbocycles. The Morgan fingerprint density at radius 3 is 2.70 bits per heavy atom. The number of ether oxygens (including phenoxy) is 1. The first-order valence-electron chi connectivity index (χ1n) is 9.59. The Balaban J connectivity index is 2.26. The summed E-state index contributed by atoms with van der Waals surface area (Å²) in [6, 6.07) is 1.05. The second-order valence-electron chi connectivity index (χ2n) is 7.23. The Bertz CT molecular complexity index is 1050. The Morgan fingerprint density at radius 1 is 1.42 bits per heavy atom. The molecule has 1 amide bonds. The van der Waals surface area contributed by atoms with Crippen LogP contribution in [0.3, 0.4) is 0 Å². The maximum atomic E-state index is 13.5. The summed E-state index contributed by atoms with van der Waals surface area (Å²) in [6.07, 6.45) is 2.62. The number of pyridine rings is 1. The van der Waals surface area contributed by atoms with Gasteiger partial charge in [0.05, 0.1) is 28.6 Å². The van der Waals surface area contributed by atoms with E-state index in [1.165, 1.54) is 17.2 Å². The first-order chi connectivity index (χ1) is 15.5. The molecular formula is C20H23F2N7O2S2. The quantitative estimate of drug-likeness (QED) is 0.259. The van der Waals surface area contributed by atoms with Gasteiger partial charge in [-0.1, -0.05) is 0 Å². The number of nitrogens with zero attached hydrogens (tertiary/aromatic N) is 3. The van der Waals surface area contributed by atoms with E-state index in [9.17, 15) is 13.6 Å². The highest BCUT2D eigenvalue weighted by Gasteiger charge is 2.40. The fraction of sp³-hybridized carbons (Fsp3) is 0.350. The lowest BCUT2D eigenvalue weighted by Gasteiger charge is -2.35. The molecule has 0 saturated carbocycles. The molecule has 4 N–H and O–H groups in total. The van der Waals surface area contributed by atoms with Crippen LogP contribution in [0.1, 0.15) is 31.5 Å². The van der Waals surface area contributed by atoms with Crippen LogP contribution in [-0.2, 0) is 4.79 Å². The zero-order valence-electron chi connectivity index (χ0n) is 18.3. The number of amidine groups is 1. The molecule has 0 saturated heterocycles. The molecule has 0 aromatic carbocycles. The number of amides is 1. The van der Waals surface area contributed by atoms with Crippen molar-refractivity contribution in [2.24, 2.45) is 4.99 Å². The molecule has 1 aliphatic rings. The van der Waals surface area contributed by atoms with Crippen LogP contribution in [0.25, 0.3) is 0 Å². The number of dihydropyridines is 1. The maximum Gasteiger partial charge on any atom is 0.267 e. The Kier molecular flexibility index (Phi) is 8.69. The minimum absolute atomic E-state index is 0.0679. The molecule has 1 aliphatic heterocycles. The molecule has 0 radical (unpaired) electrons. The van der Waals surface area contributed by atoms with E-state index in [0.29, 0.717) is 0 Å². The highest BCUT2D eigenvalue weighted by Crippen LogP contribution is 2.29. The van der Waals surface area contributed by atoms with Gasteiger partial charge in [0.2, 0.25) is 5.79 Å². The molecule has 13 heteroatoms. The topological polar surface area (TPSA) is 115 Å². The predicted molar refractivity (Wildman–Crippen MR) is 127 cm³/mol. The number of allylic oxidation sites excluding steroid dienone is 2. The largest absolute Gasteiger partial charge is 0.489 e. The fourth-order valence-electron chi connectivity index (χ4n) is 2.76. The second-order valence-corrected chi connectivity index (χ2v) is 7.82. The zero-order valence-corrected chi connectivity index (χ0v) is 19.9. The van der Waals surface area contributed by atoms with E-state index < -0.39 is 17.8 Å². The third-order valence-electron chi connectivity index (χ3n) is 4.18. The van der Waals surface area contributed by atoms with Crippen LogP contribution in [0.2, 0.25) is 0 Å². The summed E-state index contributed by atoms with van der Waals surface area (Å²) >= 11 is 10.0. The van der Waals surface area contributed by atoms with Crippen molar-refractivity contribution >= 4 is 46.5 Å². The fourth-order valence-corrected chi connectivity index (χ4v) is 3.15. The number of hydrogen-bond donors (Lipinski definition) is 4. The number of nitrogens with one attached hydrogen (secondary N) is 4. The molecule has 0 bridgehead atoms. The van der Waals surface area contributed by atoms with Gasteiger partial charge < -0.3 is 25.6 Å². The van der Waals surface area contributed by atoms with Crippen LogP contribution in [-0.4, -0.2) is 57.9 Å². The number of thiocarbonyl (C=S) groups is 2. The van der Waals surface area contributed by atoms with Gasteiger partial charge in [-0.25, -0.2) is 13.8 Å². The van der Waals surface area contributed by atoms with Gasteiger partial charge in [0.25, 0.3) is 12.3 Å². The smallest absolute Gasteiger partial charge is 0.267 e. The summed E-state index contributed by atoms with van der Waals surface area (Å²) < 4.78 is 32.3. The summed E-state index contributed by atoms with van der Waals surface area (Å²) in [6.45, 7) is 3.40. The molecular weight excluding hydrogens is 472 g/mol. The number of aromatic nitrogens is 1. The summed E-state index contributed by atoms with van der Waals surface area (Å²) in [7, 11) is 3.14. The van der Waals surface area contributed by atoms with E-state index in [1.54, 1.807) is 34.0 Å². The van der Waals surface area contributed by atoms with Crippen molar-refractivity contribution in [2.75, 3.05) is 14.1 Å². The van der Waals surface area contributed by atoms with E-state index in [1.807, 2.05) is 0 Å². The van der Waals surface area contributed by atoms with Crippen molar-refractivity contribution in [1.29, 1.82) is 5.41 Å². The molecule has 2 heterocycles. The minimum Gasteiger partial charge on any atom is -0.489 e. The summed E-state index contributed by atoms with van der Waals surface area (Å²) in [5, 5.41) is 18.5. The normalized spacial score (nSPS) is 16.9. The molecule has 0 fully saturated rings. The first-order valence-corrected chi connectivity index (χ1v) is 10.4. The van der Waals surface area contributed by atoms with Crippen LogP contribution in [0.5, 0.6) is 5.75 Å². The van der Waals surface area contributed by atoms with E-state index in [-0.39, 0.29) is 40.0 Å². The number of aliphatic imine (C=N–C) groups is 1. The molecule has 176 valence electrons. The van der Waals surface area contributed by atoms with E-state index in [2.05, 4.69) is 31.1 Å². The number of carbonyl (C=O) groups excluding carboxylic acids is 1. The molecule has 1 aromatic heterocycles. The lowest BCUT2D eigenvalue weighted by molar-refractivity contribution is -0.125. The van der Waals surface area contributed by atoms with E-state index >= 15 is 0 Å². The molecule has 0 spiro atoms. The Labute approximate surface area is 200 Å².